The predicted octanol–water partition coefficient (Wildman–Crippen LogP) is 1.17. The van der Waals surface area contributed by atoms with E-state index >= 15 is 0 Å². The molecule has 0 saturated heterocycles. The van der Waals surface area contributed by atoms with Gasteiger partial charge in [0.2, 0.25) is 5.76 Å². The summed E-state index contributed by atoms with van der Waals surface area (Å²) < 4.78 is 7.57. The molecular weight excluding hydrogens is 314 g/mol. The highest BCUT2D eigenvalue weighted by molar-refractivity contribution is 6.39. The molecule has 0 bridgehead atoms. The van der Waals surface area contributed by atoms with Crippen LogP contribution >= 0.6 is 0 Å². The number of nitrogens with zero attached hydrogens (tertiary/aromatic N) is 2. The molecule has 1 N–H and O–H groups in total. The topological polar surface area (TPSA) is 68.3 Å². The summed E-state index contributed by atoms with van der Waals surface area (Å²) in [6, 6.07) is 10.2. The Morgan fingerprint density at radius 2 is 2.00 bits per heavy atom. The van der Waals surface area contributed by atoms with Crippen LogP contribution in [0.2, 0.25) is 0 Å². The zero-order valence-corrected chi connectivity index (χ0v) is 14.5. The van der Waals surface area contributed by atoms with Gasteiger partial charge in [-0.15, -0.1) is 0 Å². The van der Waals surface area contributed by atoms with E-state index in [9.17, 15) is 9.90 Å². The molecule has 4 rings (SSSR count). The molecule has 0 amide bonds. The maximum Gasteiger partial charge on any atom is 0.372 e. The predicted molar refractivity (Wildman–Crippen MR) is 99.6 cm³/mol. The summed E-state index contributed by atoms with van der Waals surface area (Å²) in [4.78, 5) is 11.4. The standard InChI is InChI=1S/C18H18B2N2O3/c1-10-14-13(25-16(10)17(23)24)8-7-11-9-22(21-15(11)14)18(19,20)12-5-3-2-4-6-12/h2-6,9H,7-8,19-20H2,1H3,(H,23,24). The zero-order valence-electron chi connectivity index (χ0n) is 14.5. The van der Waals surface area contributed by atoms with Gasteiger partial charge in [-0.1, -0.05) is 30.3 Å². The number of carboxylic acids is 1. The van der Waals surface area contributed by atoms with E-state index in [1.165, 1.54) is 5.56 Å². The van der Waals surface area contributed by atoms with Gasteiger partial charge in [0.15, 0.2) is 0 Å². The van der Waals surface area contributed by atoms with Crippen LogP contribution in [0.4, 0.5) is 0 Å². The van der Waals surface area contributed by atoms with Crippen LogP contribution in [0.1, 0.15) is 33.0 Å². The summed E-state index contributed by atoms with van der Waals surface area (Å²) in [5.74, 6) is -0.280. The van der Waals surface area contributed by atoms with E-state index in [0.717, 1.165) is 29.0 Å². The van der Waals surface area contributed by atoms with Crippen molar-refractivity contribution in [2.24, 2.45) is 0 Å². The van der Waals surface area contributed by atoms with Crippen LogP contribution in [-0.2, 0) is 18.2 Å². The highest BCUT2D eigenvalue weighted by Gasteiger charge is 2.32. The molecule has 1 aliphatic carbocycles. The quantitative estimate of drug-likeness (QED) is 0.732. The number of aromatic carboxylic acids is 1. The lowest BCUT2D eigenvalue weighted by atomic mass is 9.58. The van der Waals surface area contributed by atoms with Gasteiger partial charge in [-0.3, -0.25) is 4.68 Å². The fourth-order valence-corrected chi connectivity index (χ4v) is 3.58. The molecule has 0 unspecified atom stereocenters. The van der Waals surface area contributed by atoms with Gasteiger partial charge in [-0.05, 0) is 24.5 Å². The first-order valence-corrected chi connectivity index (χ1v) is 8.40. The minimum atomic E-state index is -1.03. The van der Waals surface area contributed by atoms with Crippen LogP contribution < -0.4 is 0 Å². The number of hydrogen-bond acceptors (Lipinski definition) is 3. The number of fused-ring (bicyclic) bond motifs is 3. The smallest absolute Gasteiger partial charge is 0.372 e. The number of carboxylic acid groups (broad SMARTS) is 1. The number of benzene rings is 1. The summed E-state index contributed by atoms with van der Waals surface area (Å²) in [6.07, 6.45) is 3.59. The third kappa shape index (κ3) is 2.34. The van der Waals surface area contributed by atoms with Crippen LogP contribution in [-0.4, -0.2) is 36.5 Å². The van der Waals surface area contributed by atoms with E-state index in [-0.39, 0.29) is 11.1 Å². The second kappa shape index (κ2) is 5.41. The van der Waals surface area contributed by atoms with Crippen molar-refractivity contribution in [3.8, 4) is 11.3 Å². The Bertz CT molecular complexity index is 974. The van der Waals surface area contributed by atoms with E-state index in [1.807, 2.05) is 22.9 Å². The molecule has 0 radical (unpaired) electrons. The highest BCUT2D eigenvalue weighted by Crippen LogP contribution is 2.39. The SMILES string of the molecule is BC(B)(c1ccccc1)n1cc2c(n1)-c1c(oc(C(=O)O)c1C)CC2. The van der Waals surface area contributed by atoms with Crippen molar-refractivity contribution in [3.05, 3.63) is 64.7 Å². The van der Waals surface area contributed by atoms with Gasteiger partial charge in [0.25, 0.3) is 0 Å². The summed E-state index contributed by atoms with van der Waals surface area (Å²) >= 11 is 0. The lowest BCUT2D eigenvalue weighted by Gasteiger charge is -2.26. The number of carbonyl (C=O) groups is 1. The first kappa shape index (κ1) is 15.8. The summed E-state index contributed by atoms with van der Waals surface area (Å²) in [5.41, 5.74) is 4.66. The van der Waals surface area contributed by atoms with Crippen molar-refractivity contribution in [2.75, 3.05) is 0 Å². The van der Waals surface area contributed by atoms with Crippen LogP contribution in [0.15, 0.2) is 40.9 Å². The molecular formula is C18H18B2N2O3. The van der Waals surface area contributed by atoms with Gasteiger partial charge in [-0.25, -0.2) is 4.79 Å². The van der Waals surface area contributed by atoms with E-state index in [0.29, 0.717) is 12.0 Å². The number of aryl methyl sites for hydroxylation is 2. The van der Waals surface area contributed by atoms with E-state index < -0.39 is 5.97 Å². The van der Waals surface area contributed by atoms with Gasteiger partial charge in [0, 0.05) is 29.1 Å². The third-order valence-electron chi connectivity index (χ3n) is 5.12. The number of furan rings is 1. The maximum absolute atomic E-state index is 11.4. The molecule has 2 aromatic heterocycles. The molecule has 0 fully saturated rings. The maximum atomic E-state index is 11.4. The minimum absolute atomic E-state index is 0.0229. The van der Waals surface area contributed by atoms with Crippen LogP contribution in [0, 0.1) is 6.92 Å². The molecule has 2 heterocycles. The Hall–Kier alpha value is -2.69. The summed E-state index contributed by atoms with van der Waals surface area (Å²) in [7, 11) is 4.26. The molecule has 3 aromatic rings. The third-order valence-corrected chi connectivity index (χ3v) is 5.12. The Morgan fingerprint density at radius 3 is 2.68 bits per heavy atom. The first-order valence-electron chi connectivity index (χ1n) is 8.40. The van der Waals surface area contributed by atoms with Crippen molar-refractivity contribution in [3.63, 3.8) is 0 Å². The van der Waals surface area contributed by atoms with Crippen LogP contribution in [0.25, 0.3) is 11.3 Å². The van der Waals surface area contributed by atoms with E-state index in [4.69, 9.17) is 9.52 Å². The largest absolute Gasteiger partial charge is 0.475 e. The Balaban J connectivity index is 1.85. The Kier molecular flexibility index (Phi) is 3.42. The van der Waals surface area contributed by atoms with Crippen LogP contribution in [0.5, 0.6) is 0 Å². The van der Waals surface area contributed by atoms with E-state index in [1.54, 1.807) is 6.92 Å². The molecule has 5 nitrogen and oxygen atoms in total. The number of aromatic nitrogens is 2. The molecule has 0 atom stereocenters. The van der Waals surface area contributed by atoms with Gasteiger partial charge in [0.05, 0.1) is 5.69 Å². The first-order chi connectivity index (χ1) is 11.9. The molecule has 0 spiro atoms. The highest BCUT2D eigenvalue weighted by atomic mass is 16.4. The molecule has 0 aliphatic heterocycles. The Morgan fingerprint density at radius 1 is 1.28 bits per heavy atom. The van der Waals surface area contributed by atoms with Gasteiger partial charge >= 0.3 is 5.97 Å². The number of hydrogen-bond donors (Lipinski definition) is 1. The normalized spacial score (nSPS) is 13.3. The average molecular weight is 332 g/mol. The molecule has 0 saturated carbocycles. The second-order valence-electron chi connectivity index (χ2n) is 7.03. The summed E-state index contributed by atoms with van der Waals surface area (Å²) in [6.45, 7) is 1.79. The number of rotatable bonds is 3. The fourth-order valence-electron chi connectivity index (χ4n) is 3.58. The monoisotopic (exact) mass is 332 g/mol. The van der Waals surface area contributed by atoms with Gasteiger partial charge in [-0.2, -0.15) is 5.10 Å². The molecule has 25 heavy (non-hydrogen) atoms. The molecule has 124 valence electrons. The minimum Gasteiger partial charge on any atom is -0.475 e. The lowest BCUT2D eigenvalue weighted by Crippen LogP contribution is -2.36. The van der Waals surface area contributed by atoms with Crippen molar-refractivity contribution in [2.45, 2.75) is 25.1 Å². The molecule has 1 aromatic carbocycles. The second-order valence-corrected chi connectivity index (χ2v) is 7.03. The molecule has 7 heteroatoms. The van der Waals surface area contributed by atoms with Crippen molar-refractivity contribution < 1.29 is 14.3 Å². The zero-order chi connectivity index (χ0) is 17.8. The van der Waals surface area contributed by atoms with Gasteiger partial charge in [0.1, 0.15) is 21.5 Å². The van der Waals surface area contributed by atoms with Crippen molar-refractivity contribution >= 4 is 21.7 Å². The van der Waals surface area contributed by atoms with E-state index in [2.05, 4.69) is 34.0 Å². The Labute approximate surface area is 147 Å². The van der Waals surface area contributed by atoms with Crippen LogP contribution in [0.3, 0.4) is 0 Å². The fraction of sp³-hybridized carbons (Fsp3) is 0.222. The van der Waals surface area contributed by atoms with Gasteiger partial charge < -0.3 is 9.52 Å². The summed E-state index contributed by atoms with van der Waals surface area (Å²) in [5, 5.41) is 13.9. The van der Waals surface area contributed by atoms with Crippen molar-refractivity contribution in [1.82, 2.24) is 9.78 Å². The van der Waals surface area contributed by atoms with Crippen molar-refractivity contribution in [1.29, 1.82) is 0 Å². The molecule has 1 aliphatic rings. The average Bonchev–Trinajstić information content (AvgIpc) is 3.17. The lowest BCUT2D eigenvalue weighted by molar-refractivity contribution is 0.0659.